The van der Waals surface area contributed by atoms with E-state index in [0.717, 1.165) is 16.6 Å². The molecular formula is C14H11N3O2. The van der Waals surface area contributed by atoms with Gasteiger partial charge in [0.05, 0.1) is 24.0 Å². The van der Waals surface area contributed by atoms with Crippen molar-refractivity contribution >= 4 is 16.9 Å². The number of para-hydroxylation sites is 1. The number of aliphatic carboxylic acids is 1. The SMILES string of the molecule is O=C(O)Cc1cnc(-c2cc3ccccc3[nH]2)cn1. The Labute approximate surface area is 109 Å². The standard InChI is InChI=1S/C14H11N3O2/c18-14(19)6-10-7-16-13(8-15-10)12-5-9-3-1-2-4-11(9)17-12/h1-5,7-8,17H,6H2,(H,18,19). The number of rotatable bonds is 3. The van der Waals surface area contributed by atoms with Crippen molar-refractivity contribution in [2.24, 2.45) is 0 Å². The lowest BCUT2D eigenvalue weighted by Crippen LogP contribution is -2.02. The smallest absolute Gasteiger partial charge is 0.309 e. The molecule has 0 amide bonds. The number of benzene rings is 1. The first kappa shape index (κ1) is 11.4. The Balaban J connectivity index is 1.95. The molecule has 1 aromatic carbocycles. The van der Waals surface area contributed by atoms with Crippen LogP contribution >= 0.6 is 0 Å². The maximum absolute atomic E-state index is 10.6. The molecule has 19 heavy (non-hydrogen) atoms. The molecule has 3 rings (SSSR count). The molecule has 2 heterocycles. The zero-order chi connectivity index (χ0) is 13.2. The van der Waals surface area contributed by atoms with E-state index in [9.17, 15) is 4.79 Å². The van der Waals surface area contributed by atoms with Crippen molar-refractivity contribution in [1.82, 2.24) is 15.0 Å². The van der Waals surface area contributed by atoms with Crippen LogP contribution in [-0.2, 0) is 11.2 Å². The van der Waals surface area contributed by atoms with Crippen LogP contribution in [0.1, 0.15) is 5.69 Å². The van der Waals surface area contributed by atoms with E-state index >= 15 is 0 Å². The summed E-state index contributed by atoms with van der Waals surface area (Å²) in [5.74, 6) is -0.910. The highest BCUT2D eigenvalue weighted by Gasteiger charge is 2.06. The molecule has 2 aromatic heterocycles. The minimum atomic E-state index is -0.910. The predicted molar refractivity (Wildman–Crippen MR) is 70.7 cm³/mol. The lowest BCUT2D eigenvalue weighted by molar-refractivity contribution is -0.136. The van der Waals surface area contributed by atoms with Gasteiger partial charge in [0, 0.05) is 17.1 Å². The van der Waals surface area contributed by atoms with Crippen LogP contribution < -0.4 is 0 Å². The first-order chi connectivity index (χ1) is 9.22. The Bertz CT molecular complexity index is 699. The third-order valence-electron chi connectivity index (χ3n) is 2.84. The van der Waals surface area contributed by atoms with Gasteiger partial charge in [-0.15, -0.1) is 0 Å². The van der Waals surface area contributed by atoms with Gasteiger partial charge in [0.25, 0.3) is 0 Å². The molecule has 5 heteroatoms. The lowest BCUT2D eigenvalue weighted by atomic mass is 10.2. The normalized spacial score (nSPS) is 10.7. The Morgan fingerprint density at radius 2 is 2.05 bits per heavy atom. The molecule has 0 bridgehead atoms. The number of aromatic amines is 1. The Morgan fingerprint density at radius 1 is 1.21 bits per heavy atom. The lowest BCUT2D eigenvalue weighted by Gasteiger charge is -1.98. The average molecular weight is 253 g/mol. The van der Waals surface area contributed by atoms with Crippen LogP contribution in [0.15, 0.2) is 42.7 Å². The second-order valence-corrected chi connectivity index (χ2v) is 4.23. The molecule has 0 aliphatic rings. The zero-order valence-electron chi connectivity index (χ0n) is 10.00. The summed E-state index contributed by atoms with van der Waals surface area (Å²) in [5, 5.41) is 9.78. The second kappa shape index (κ2) is 4.53. The van der Waals surface area contributed by atoms with Crippen LogP contribution in [0.4, 0.5) is 0 Å². The Morgan fingerprint density at radius 3 is 2.74 bits per heavy atom. The molecule has 5 nitrogen and oxygen atoms in total. The number of hydrogen-bond acceptors (Lipinski definition) is 3. The molecule has 0 saturated carbocycles. The molecule has 94 valence electrons. The van der Waals surface area contributed by atoms with Crippen LogP contribution in [0.2, 0.25) is 0 Å². The first-order valence-corrected chi connectivity index (χ1v) is 5.83. The summed E-state index contributed by atoms with van der Waals surface area (Å²) in [6.45, 7) is 0. The highest BCUT2D eigenvalue weighted by atomic mass is 16.4. The number of nitrogens with one attached hydrogen (secondary N) is 1. The maximum atomic E-state index is 10.6. The molecule has 0 saturated heterocycles. The molecule has 0 spiro atoms. The minimum absolute atomic E-state index is 0.111. The van der Waals surface area contributed by atoms with Crippen molar-refractivity contribution < 1.29 is 9.90 Å². The van der Waals surface area contributed by atoms with Crippen LogP contribution in [0, 0.1) is 0 Å². The summed E-state index contributed by atoms with van der Waals surface area (Å²) in [4.78, 5) is 22.2. The van der Waals surface area contributed by atoms with E-state index in [1.165, 1.54) is 6.20 Å². The molecule has 0 atom stereocenters. The van der Waals surface area contributed by atoms with E-state index in [1.807, 2.05) is 30.3 Å². The van der Waals surface area contributed by atoms with E-state index in [2.05, 4.69) is 15.0 Å². The van der Waals surface area contributed by atoms with Gasteiger partial charge in [-0.05, 0) is 12.1 Å². The molecule has 0 unspecified atom stereocenters. The van der Waals surface area contributed by atoms with Gasteiger partial charge in [0.15, 0.2) is 0 Å². The van der Waals surface area contributed by atoms with Gasteiger partial charge in [0.1, 0.15) is 5.69 Å². The van der Waals surface area contributed by atoms with Crippen LogP contribution in [-0.4, -0.2) is 26.0 Å². The van der Waals surface area contributed by atoms with Gasteiger partial charge in [0.2, 0.25) is 0 Å². The van der Waals surface area contributed by atoms with Gasteiger partial charge in [-0.1, -0.05) is 18.2 Å². The maximum Gasteiger partial charge on any atom is 0.309 e. The third kappa shape index (κ3) is 2.30. The summed E-state index contributed by atoms with van der Waals surface area (Å²) in [5.41, 5.74) is 3.06. The number of carboxylic acid groups (broad SMARTS) is 1. The van der Waals surface area contributed by atoms with E-state index in [4.69, 9.17) is 5.11 Å². The highest BCUT2D eigenvalue weighted by Crippen LogP contribution is 2.21. The van der Waals surface area contributed by atoms with Gasteiger partial charge in [-0.3, -0.25) is 14.8 Å². The summed E-state index contributed by atoms with van der Waals surface area (Å²) in [6, 6.07) is 9.94. The minimum Gasteiger partial charge on any atom is -0.481 e. The van der Waals surface area contributed by atoms with Gasteiger partial charge < -0.3 is 10.1 Å². The number of carboxylic acids is 1. The molecular weight excluding hydrogens is 242 g/mol. The quantitative estimate of drug-likeness (QED) is 0.750. The van der Waals surface area contributed by atoms with Crippen molar-refractivity contribution in [3.8, 4) is 11.4 Å². The van der Waals surface area contributed by atoms with Crippen molar-refractivity contribution in [3.63, 3.8) is 0 Å². The monoisotopic (exact) mass is 253 g/mol. The summed E-state index contributed by atoms with van der Waals surface area (Å²) >= 11 is 0. The van der Waals surface area contributed by atoms with Crippen molar-refractivity contribution in [2.75, 3.05) is 0 Å². The molecule has 0 fully saturated rings. The number of fused-ring (bicyclic) bond motifs is 1. The number of nitrogens with zero attached hydrogens (tertiary/aromatic N) is 2. The van der Waals surface area contributed by atoms with E-state index in [0.29, 0.717) is 11.4 Å². The molecule has 3 aromatic rings. The Hall–Kier alpha value is -2.69. The molecule has 0 aliphatic carbocycles. The van der Waals surface area contributed by atoms with Crippen molar-refractivity contribution in [3.05, 3.63) is 48.4 Å². The number of carbonyl (C=O) groups is 1. The van der Waals surface area contributed by atoms with Crippen molar-refractivity contribution in [2.45, 2.75) is 6.42 Å². The number of aromatic nitrogens is 3. The zero-order valence-corrected chi connectivity index (χ0v) is 10.00. The Kier molecular flexibility index (Phi) is 2.72. The average Bonchev–Trinajstić information content (AvgIpc) is 2.82. The van der Waals surface area contributed by atoms with E-state index in [-0.39, 0.29) is 6.42 Å². The van der Waals surface area contributed by atoms with Crippen LogP contribution in [0.5, 0.6) is 0 Å². The number of H-pyrrole nitrogens is 1. The second-order valence-electron chi connectivity index (χ2n) is 4.23. The first-order valence-electron chi connectivity index (χ1n) is 5.83. The topological polar surface area (TPSA) is 78.9 Å². The molecule has 2 N–H and O–H groups in total. The fourth-order valence-corrected chi connectivity index (χ4v) is 1.95. The van der Waals surface area contributed by atoms with Crippen LogP contribution in [0.3, 0.4) is 0 Å². The van der Waals surface area contributed by atoms with Crippen LogP contribution in [0.25, 0.3) is 22.3 Å². The van der Waals surface area contributed by atoms with Gasteiger partial charge in [-0.25, -0.2) is 0 Å². The third-order valence-corrected chi connectivity index (χ3v) is 2.84. The van der Waals surface area contributed by atoms with E-state index in [1.54, 1.807) is 6.20 Å². The van der Waals surface area contributed by atoms with Gasteiger partial charge in [-0.2, -0.15) is 0 Å². The van der Waals surface area contributed by atoms with Gasteiger partial charge >= 0.3 is 5.97 Å². The predicted octanol–water partition coefficient (Wildman–Crippen LogP) is 2.25. The summed E-state index contributed by atoms with van der Waals surface area (Å²) < 4.78 is 0. The molecule has 0 aliphatic heterocycles. The fourth-order valence-electron chi connectivity index (χ4n) is 1.95. The molecule has 0 radical (unpaired) electrons. The summed E-state index contributed by atoms with van der Waals surface area (Å²) in [7, 11) is 0. The number of hydrogen-bond donors (Lipinski definition) is 2. The summed E-state index contributed by atoms with van der Waals surface area (Å²) in [6.07, 6.45) is 2.97. The van der Waals surface area contributed by atoms with E-state index < -0.39 is 5.97 Å². The highest BCUT2D eigenvalue weighted by molar-refractivity contribution is 5.85. The van der Waals surface area contributed by atoms with Crippen molar-refractivity contribution in [1.29, 1.82) is 0 Å². The largest absolute Gasteiger partial charge is 0.481 e. The fraction of sp³-hybridized carbons (Fsp3) is 0.0714.